The third-order valence-electron chi connectivity index (χ3n) is 5.95. The minimum atomic E-state index is -4.96. The maximum Gasteiger partial charge on any atom is 0.573 e. The van der Waals surface area contributed by atoms with Crippen molar-refractivity contribution in [2.24, 2.45) is 5.92 Å². The lowest BCUT2D eigenvalue weighted by Gasteiger charge is -2.45. The van der Waals surface area contributed by atoms with Crippen LogP contribution in [0, 0.1) is 17.2 Å². The Morgan fingerprint density at radius 3 is 2.56 bits per heavy atom. The molecule has 2 aliphatic rings. The molecule has 1 heterocycles. The minimum absolute atomic E-state index is 0.0246. The number of alkyl halides is 3. The first-order chi connectivity index (χ1) is 15.8. The van der Waals surface area contributed by atoms with Gasteiger partial charge >= 0.3 is 6.36 Å². The quantitative estimate of drug-likeness (QED) is 0.585. The molecule has 0 spiro atoms. The van der Waals surface area contributed by atoms with Crippen LogP contribution in [-0.2, 0) is 26.2 Å². The topological polar surface area (TPSA) is 129 Å². The summed E-state index contributed by atoms with van der Waals surface area (Å²) in [5.74, 6) is -1.99. The molecule has 1 atom stereocenters. The molecular weight excluding hydrogens is 477 g/mol. The van der Waals surface area contributed by atoms with Gasteiger partial charge in [0, 0.05) is 25.2 Å². The molecule has 0 radical (unpaired) electrons. The number of halogens is 3. The fourth-order valence-electron chi connectivity index (χ4n) is 4.24. The van der Waals surface area contributed by atoms with Crippen LogP contribution in [-0.4, -0.2) is 56.4 Å². The van der Waals surface area contributed by atoms with E-state index in [9.17, 15) is 31.2 Å². The number of likely N-dealkylation sites (tertiary alicyclic amines) is 1. The summed E-state index contributed by atoms with van der Waals surface area (Å²) >= 11 is 0. The normalized spacial score (nSPS) is 20.1. The summed E-state index contributed by atoms with van der Waals surface area (Å²) in [5, 5.41) is 11.5. The van der Waals surface area contributed by atoms with Crippen molar-refractivity contribution in [2.45, 2.75) is 50.6 Å². The van der Waals surface area contributed by atoms with Crippen LogP contribution in [0.15, 0.2) is 18.2 Å². The number of nitriles is 1. The summed E-state index contributed by atoms with van der Waals surface area (Å²) in [6, 6.07) is 5.27. The van der Waals surface area contributed by atoms with Crippen LogP contribution < -0.4 is 14.8 Å². The lowest BCUT2D eigenvalue weighted by atomic mass is 9.76. The summed E-state index contributed by atoms with van der Waals surface area (Å²) in [6.07, 6.45) is -1.50. The minimum Gasteiger partial charge on any atom is -0.405 e. The summed E-state index contributed by atoms with van der Waals surface area (Å²) in [7, 11) is -3.61. The summed E-state index contributed by atoms with van der Waals surface area (Å²) in [6.45, 7) is 0.201. The van der Waals surface area contributed by atoms with Gasteiger partial charge in [0.1, 0.15) is 11.3 Å². The van der Waals surface area contributed by atoms with E-state index in [-0.39, 0.29) is 30.1 Å². The maximum absolute atomic E-state index is 13.1. The van der Waals surface area contributed by atoms with Crippen molar-refractivity contribution >= 4 is 21.8 Å². The number of hydrogen-bond donors (Lipinski definition) is 2. The second-order valence-corrected chi connectivity index (χ2v) is 10.3. The maximum atomic E-state index is 13.1. The molecule has 3 rings (SSSR count). The van der Waals surface area contributed by atoms with Crippen molar-refractivity contribution < 1.29 is 35.9 Å². The molecule has 2 N–H and O–H groups in total. The van der Waals surface area contributed by atoms with Crippen LogP contribution in [0.3, 0.4) is 0 Å². The van der Waals surface area contributed by atoms with E-state index in [0.29, 0.717) is 38.6 Å². The molecule has 1 aliphatic carbocycles. The molecule has 2 amide bonds. The molecule has 9 nitrogen and oxygen atoms in total. The summed E-state index contributed by atoms with van der Waals surface area (Å²) in [4.78, 5) is 27.3. The van der Waals surface area contributed by atoms with Gasteiger partial charge in [-0.2, -0.15) is 9.98 Å². The first-order valence-corrected chi connectivity index (χ1v) is 12.6. The molecule has 1 unspecified atom stereocenters. The molecule has 1 aliphatic heterocycles. The van der Waals surface area contributed by atoms with Crippen LogP contribution in [0.1, 0.15) is 43.2 Å². The Kier molecular flexibility index (Phi) is 7.42. The number of amides is 2. The average molecular weight is 503 g/mol. The van der Waals surface area contributed by atoms with Crippen LogP contribution in [0.25, 0.3) is 0 Å². The number of ether oxygens (including phenoxy) is 1. The van der Waals surface area contributed by atoms with Gasteiger partial charge in [-0.15, -0.1) is 13.2 Å². The Labute approximate surface area is 195 Å². The van der Waals surface area contributed by atoms with Gasteiger partial charge in [0.25, 0.3) is 0 Å². The Balaban J connectivity index is 1.65. The van der Waals surface area contributed by atoms with Crippen molar-refractivity contribution in [1.29, 1.82) is 5.26 Å². The van der Waals surface area contributed by atoms with Crippen molar-refractivity contribution in [3.63, 3.8) is 0 Å². The predicted octanol–water partition coefficient (Wildman–Crippen LogP) is 1.78. The van der Waals surface area contributed by atoms with E-state index in [1.807, 2.05) is 0 Å². The molecular formula is C21H25F3N4O5S. The van der Waals surface area contributed by atoms with Gasteiger partial charge in [-0.3, -0.25) is 9.59 Å². The van der Waals surface area contributed by atoms with Gasteiger partial charge in [0.2, 0.25) is 21.8 Å². The zero-order valence-electron chi connectivity index (χ0n) is 18.4. The van der Waals surface area contributed by atoms with Crippen LogP contribution in [0.2, 0.25) is 0 Å². The molecule has 1 aromatic carbocycles. The standard InChI is InChI=1S/C21H25F3N4O5S/c1-34(31,32)27-20(7-3-8-20)19(30)28-9-2-4-16(13-28)18(29)26-12-15-6-5-14(11-25)10-17(15)33-21(22,23)24/h5-6,10,16,27H,2-4,7-9,12-13H2,1H3,(H,26,29). The average Bonchev–Trinajstić information content (AvgIpc) is 2.73. The highest BCUT2D eigenvalue weighted by Gasteiger charge is 2.49. The summed E-state index contributed by atoms with van der Waals surface area (Å²) < 4.78 is 68.1. The van der Waals surface area contributed by atoms with E-state index < -0.39 is 39.5 Å². The van der Waals surface area contributed by atoms with E-state index in [0.717, 1.165) is 12.3 Å². The molecule has 1 saturated carbocycles. The predicted molar refractivity (Wildman–Crippen MR) is 114 cm³/mol. The first-order valence-electron chi connectivity index (χ1n) is 10.7. The monoisotopic (exact) mass is 502 g/mol. The van der Waals surface area contributed by atoms with Gasteiger partial charge in [-0.05, 0) is 44.2 Å². The van der Waals surface area contributed by atoms with Crippen molar-refractivity contribution in [1.82, 2.24) is 14.9 Å². The number of carbonyl (C=O) groups is 2. The molecule has 13 heteroatoms. The van der Waals surface area contributed by atoms with E-state index in [2.05, 4.69) is 14.8 Å². The van der Waals surface area contributed by atoms with Crippen LogP contribution >= 0.6 is 0 Å². The fourth-order valence-corrected chi connectivity index (χ4v) is 5.24. The highest BCUT2D eigenvalue weighted by atomic mass is 32.2. The molecule has 1 saturated heterocycles. The Hall–Kier alpha value is -2.85. The van der Waals surface area contributed by atoms with E-state index in [1.54, 1.807) is 6.07 Å². The zero-order valence-corrected chi connectivity index (χ0v) is 19.3. The molecule has 0 aromatic heterocycles. The number of nitrogens with zero attached hydrogens (tertiary/aromatic N) is 2. The third kappa shape index (κ3) is 6.38. The van der Waals surface area contributed by atoms with Crippen molar-refractivity contribution in [2.75, 3.05) is 19.3 Å². The third-order valence-corrected chi connectivity index (χ3v) is 6.71. The molecule has 2 fully saturated rings. The lowest BCUT2D eigenvalue weighted by Crippen LogP contribution is -2.64. The number of carbonyl (C=O) groups excluding carboxylic acids is 2. The Morgan fingerprint density at radius 1 is 1.29 bits per heavy atom. The highest BCUT2D eigenvalue weighted by molar-refractivity contribution is 7.88. The van der Waals surface area contributed by atoms with Gasteiger partial charge in [0.15, 0.2) is 0 Å². The molecule has 34 heavy (non-hydrogen) atoms. The van der Waals surface area contributed by atoms with Crippen molar-refractivity contribution in [3.8, 4) is 11.8 Å². The number of benzene rings is 1. The highest BCUT2D eigenvalue weighted by Crippen LogP contribution is 2.35. The van der Waals surface area contributed by atoms with Crippen LogP contribution in [0.5, 0.6) is 5.75 Å². The van der Waals surface area contributed by atoms with Crippen molar-refractivity contribution in [3.05, 3.63) is 29.3 Å². The van der Waals surface area contributed by atoms with Gasteiger partial charge < -0.3 is 15.0 Å². The molecule has 0 bridgehead atoms. The zero-order chi connectivity index (χ0) is 25.1. The van der Waals surface area contributed by atoms with Gasteiger partial charge in [-0.1, -0.05) is 6.07 Å². The smallest absolute Gasteiger partial charge is 0.405 e. The molecule has 186 valence electrons. The number of hydrogen-bond acceptors (Lipinski definition) is 6. The Bertz CT molecular complexity index is 1100. The van der Waals surface area contributed by atoms with E-state index >= 15 is 0 Å². The summed E-state index contributed by atoms with van der Waals surface area (Å²) in [5.41, 5.74) is -1.17. The first kappa shape index (κ1) is 25.8. The second-order valence-electron chi connectivity index (χ2n) is 8.60. The van der Waals surface area contributed by atoms with E-state index in [4.69, 9.17) is 5.26 Å². The van der Waals surface area contributed by atoms with Gasteiger partial charge in [-0.25, -0.2) is 8.42 Å². The number of nitrogens with one attached hydrogen (secondary N) is 2. The molecule has 1 aromatic rings. The number of sulfonamides is 1. The second kappa shape index (κ2) is 9.79. The number of rotatable bonds is 7. The number of piperidine rings is 1. The lowest BCUT2D eigenvalue weighted by molar-refractivity contribution is -0.274. The van der Waals surface area contributed by atoms with Crippen LogP contribution in [0.4, 0.5) is 13.2 Å². The SMILES string of the molecule is CS(=O)(=O)NC1(C(=O)N2CCCC(C(=O)NCc3ccc(C#N)cc3OC(F)(F)F)C2)CCC1. The van der Waals surface area contributed by atoms with E-state index in [1.165, 1.54) is 17.0 Å². The van der Waals surface area contributed by atoms with Gasteiger partial charge in [0.05, 0.1) is 23.8 Å². The fraction of sp³-hybridized carbons (Fsp3) is 0.571. The largest absolute Gasteiger partial charge is 0.573 e. The Morgan fingerprint density at radius 2 is 2.00 bits per heavy atom.